The summed E-state index contributed by atoms with van der Waals surface area (Å²) in [6.07, 6.45) is 1.33. The number of phenolic OH excluding ortho intramolecular Hbond substituents is 1. The first-order valence-corrected chi connectivity index (χ1v) is 9.03. The predicted octanol–water partition coefficient (Wildman–Crippen LogP) is 4.62. The van der Waals surface area contributed by atoms with Crippen LogP contribution in [0, 0.1) is 20.2 Å². The molecule has 4 rings (SSSR count). The van der Waals surface area contributed by atoms with Crippen molar-refractivity contribution in [2.45, 2.75) is 0 Å². The summed E-state index contributed by atoms with van der Waals surface area (Å²) in [4.78, 5) is 30.1. The van der Waals surface area contributed by atoms with Crippen molar-refractivity contribution in [3.8, 4) is 16.9 Å². The van der Waals surface area contributed by atoms with Gasteiger partial charge in [-0.05, 0) is 11.6 Å². The molecule has 2 heterocycles. The van der Waals surface area contributed by atoms with E-state index in [1.54, 1.807) is 17.5 Å². The number of aromatic nitrogens is 2. The minimum absolute atomic E-state index is 0.0514. The summed E-state index contributed by atoms with van der Waals surface area (Å²) in [5.41, 5.74) is 1.13. The van der Waals surface area contributed by atoms with Gasteiger partial charge in [-0.25, -0.2) is 9.97 Å². The van der Waals surface area contributed by atoms with Gasteiger partial charge in [0.05, 0.1) is 20.9 Å². The molecule has 0 fully saturated rings. The first-order valence-electron chi connectivity index (χ1n) is 8.15. The summed E-state index contributed by atoms with van der Waals surface area (Å²) >= 11 is 1.33. The fraction of sp³-hybridized carbons (Fsp3) is 0. The maximum absolute atomic E-state index is 11.1. The van der Waals surface area contributed by atoms with Crippen LogP contribution in [0.2, 0.25) is 0 Å². The summed E-state index contributed by atoms with van der Waals surface area (Å²) in [6.45, 7) is 0. The van der Waals surface area contributed by atoms with Crippen molar-refractivity contribution in [2.75, 3.05) is 5.32 Å². The number of benzene rings is 2. The number of nitro benzene ring substituents is 2. The number of hydrogen-bond acceptors (Lipinski definition) is 9. The monoisotopic (exact) mass is 409 g/mol. The Morgan fingerprint density at radius 1 is 1.00 bits per heavy atom. The number of thiophene rings is 1. The van der Waals surface area contributed by atoms with Crippen LogP contribution in [-0.4, -0.2) is 24.9 Å². The number of non-ortho nitro benzene ring substituents is 2. The molecule has 0 saturated heterocycles. The Bertz CT molecular complexity index is 1270. The summed E-state index contributed by atoms with van der Waals surface area (Å²) in [5.74, 6) is 0.128. The van der Waals surface area contributed by atoms with Crippen molar-refractivity contribution in [1.82, 2.24) is 9.97 Å². The molecule has 0 radical (unpaired) electrons. The van der Waals surface area contributed by atoms with E-state index < -0.39 is 9.85 Å². The Kier molecular flexibility index (Phi) is 4.49. The molecule has 0 aliphatic rings. The van der Waals surface area contributed by atoms with Crippen LogP contribution in [0.1, 0.15) is 0 Å². The molecule has 0 unspecified atom stereocenters. The van der Waals surface area contributed by atoms with E-state index in [0.717, 1.165) is 0 Å². The van der Waals surface area contributed by atoms with E-state index in [4.69, 9.17) is 0 Å². The van der Waals surface area contributed by atoms with E-state index in [2.05, 4.69) is 15.3 Å². The Morgan fingerprint density at radius 3 is 2.52 bits per heavy atom. The zero-order valence-electron chi connectivity index (χ0n) is 14.5. The fourth-order valence-electron chi connectivity index (χ4n) is 2.83. The van der Waals surface area contributed by atoms with Gasteiger partial charge >= 0.3 is 0 Å². The van der Waals surface area contributed by atoms with Crippen molar-refractivity contribution < 1.29 is 15.0 Å². The number of anilines is 2. The number of fused-ring (bicyclic) bond motifs is 1. The maximum atomic E-state index is 11.1. The van der Waals surface area contributed by atoms with Gasteiger partial charge in [0.1, 0.15) is 22.7 Å². The fourth-order valence-corrected chi connectivity index (χ4v) is 3.75. The molecule has 144 valence electrons. The zero-order valence-corrected chi connectivity index (χ0v) is 15.3. The van der Waals surface area contributed by atoms with E-state index in [1.165, 1.54) is 48.0 Å². The summed E-state index contributed by atoms with van der Waals surface area (Å²) in [7, 11) is 0. The van der Waals surface area contributed by atoms with Crippen LogP contribution in [-0.2, 0) is 0 Å². The van der Waals surface area contributed by atoms with Crippen molar-refractivity contribution in [1.29, 1.82) is 0 Å². The summed E-state index contributed by atoms with van der Waals surface area (Å²) in [6, 6.07) is 9.76. The minimum Gasteiger partial charge on any atom is -0.506 e. The highest BCUT2D eigenvalue weighted by molar-refractivity contribution is 7.17. The number of aromatic hydroxyl groups is 1. The first kappa shape index (κ1) is 18.3. The van der Waals surface area contributed by atoms with E-state index in [0.29, 0.717) is 27.2 Å². The minimum atomic E-state index is -0.570. The number of rotatable bonds is 5. The second kappa shape index (κ2) is 7.13. The molecular weight excluding hydrogens is 398 g/mol. The van der Waals surface area contributed by atoms with Gasteiger partial charge in [-0.2, -0.15) is 0 Å². The molecule has 0 spiro atoms. The Balaban J connectivity index is 1.84. The van der Waals surface area contributed by atoms with Crippen LogP contribution in [0.25, 0.3) is 21.3 Å². The lowest BCUT2D eigenvalue weighted by atomic mass is 10.1. The molecule has 0 atom stereocenters. The van der Waals surface area contributed by atoms with Crippen LogP contribution in [0.3, 0.4) is 0 Å². The van der Waals surface area contributed by atoms with Crippen molar-refractivity contribution in [2.24, 2.45) is 0 Å². The highest BCUT2D eigenvalue weighted by atomic mass is 32.1. The Hall–Kier alpha value is -4.12. The molecule has 29 heavy (non-hydrogen) atoms. The second-order valence-electron chi connectivity index (χ2n) is 5.94. The average Bonchev–Trinajstić information content (AvgIpc) is 3.15. The van der Waals surface area contributed by atoms with Crippen molar-refractivity contribution >= 4 is 44.4 Å². The highest BCUT2D eigenvalue weighted by Crippen LogP contribution is 2.39. The van der Waals surface area contributed by atoms with Crippen LogP contribution in [0.4, 0.5) is 22.9 Å². The van der Waals surface area contributed by atoms with E-state index in [1.807, 2.05) is 0 Å². The Labute approximate surface area is 166 Å². The molecule has 4 aromatic rings. The molecule has 2 N–H and O–H groups in total. The van der Waals surface area contributed by atoms with Gasteiger partial charge in [0.15, 0.2) is 0 Å². The van der Waals surface area contributed by atoms with Gasteiger partial charge in [-0.1, -0.05) is 12.1 Å². The predicted molar refractivity (Wildman–Crippen MR) is 108 cm³/mol. The number of phenols is 1. The number of nitrogens with one attached hydrogen (secondary N) is 1. The zero-order chi connectivity index (χ0) is 20.5. The molecule has 0 aliphatic heterocycles. The second-order valence-corrected chi connectivity index (χ2v) is 6.80. The maximum Gasteiger partial charge on any atom is 0.271 e. The molecular formula is C18H11N5O5S. The molecule has 2 aromatic carbocycles. The molecule has 11 heteroatoms. The third-order valence-corrected chi connectivity index (χ3v) is 5.07. The standard InChI is InChI=1S/C18H11N5O5S/c24-15-5-4-12(23(27)28)7-14(15)21-17-16-13(8-29-18(16)20-9-19-17)10-2-1-3-11(6-10)22(25)26/h1-9,24H,(H,19,20,21). The summed E-state index contributed by atoms with van der Waals surface area (Å²) in [5, 5.41) is 37.5. The number of nitro groups is 2. The van der Waals surface area contributed by atoms with Gasteiger partial charge in [0.25, 0.3) is 11.4 Å². The lowest BCUT2D eigenvalue weighted by molar-refractivity contribution is -0.385. The number of hydrogen-bond donors (Lipinski definition) is 2. The quantitative estimate of drug-likeness (QED) is 0.276. The van der Waals surface area contributed by atoms with Crippen LogP contribution >= 0.6 is 11.3 Å². The van der Waals surface area contributed by atoms with Crippen LogP contribution < -0.4 is 5.32 Å². The molecule has 0 amide bonds. The summed E-state index contributed by atoms with van der Waals surface area (Å²) < 4.78 is 0. The van der Waals surface area contributed by atoms with Gasteiger partial charge in [0.2, 0.25) is 0 Å². The molecule has 0 aliphatic carbocycles. The van der Waals surface area contributed by atoms with E-state index in [-0.39, 0.29) is 22.8 Å². The van der Waals surface area contributed by atoms with Gasteiger partial charge in [0, 0.05) is 35.2 Å². The van der Waals surface area contributed by atoms with E-state index >= 15 is 0 Å². The van der Waals surface area contributed by atoms with Gasteiger partial charge in [-0.3, -0.25) is 20.2 Å². The van der Waals surface area contributed by atoms with Crippen molar-refractivity contribution in [3.05, 3.63) is 74.4 Å². The van der Waals surface area contributed by atoms with Gasteiger partial charge < -0.3 is 10.4 Å². The smallest absolute Gasteiger partial charge is 0.271 e. The lowest BCUT2D eigenvalue weighted by Gasteiger charge is -2.10. The molecule has 10 nitrogen and oxygen atoms in total. The highest BCUT2D eigenvalue weighted by Gasteiger charge is 2.17. The third kappa shape index (κ3) is 3.41. The van der Waals surface area contributed by atoms with Crippen LogP contribution in [0.5, 0.6) is 5.75 Å². The topological polar surface area (TPSA) is 144 Å². The normalized spacial score (nSPS) is 10.8. The third-order valence-electron chi connectivity index (χ3n) is 4.18. The first-order chi connectivity index (χ1) is 13.9. The molecule has 0 bridgehead atoms. The largest absolute Gasteiger partial charge is 0.506 e. The average molecular weight is 409 g/mol. The van der Waals surface area contributed by atoms with Crippen LogP contribution in [0.15, 0.2) is 54.2 Å². The van der Waals surface area contributed by atoms with E-state index in [9.17, 15) is 25.3 Å². The van der Waals surface area contributed by atoms with Gasteiger partial charge in [-0.15, -0.1) is 11.3 Å². The molecule has 0 saturated carbocycles. The SMILES string of the molecule is O=[N+]([O-])c1cccc(-c2csc3ncnc(Nc4cc([N+](=O)[O-])ccc4O)c23)c1. The van der Waals surface area contributed by atoms with Crippen molar-refractivity contribution in [3.63, 3.8) is 0 Å². The lowest BCUT2D eigenvalue weighted by Crippen LogP contribution is -1.97. The molecule has 2 aromatic heterocycles. The Morgan fingerprint density at radius 2 is 1.76 bits per heavy atom. The number of nitrogens with zero attached hydrogens (tertiary/aromatic N) is 4.